The van der Waals surface area contributed by atoms with Crippen LogP contribution in [-0.4, -0.2) is 43.7 Å². The fourth-order valence-corrected chi connectivity index (χ4v) is 10.6. The van der Waals surface area contributed by atoms with Crippen LogP contribution in [0.4, 0.5) is 0 Å². The van der Waals surface area contributed by atoms with Crippen molar-refractivity contribution < 1.29 is 55.2 Å². The van der Waals surface area contributed by atoms with Crippen molar-refractivity contribution in [3.63, 3.8) is 0 Å². The highest BCUT2D eigenvalue weighted by molar-refractivity contribution is 7.48. The molecule has 7 aromatic carbocycles. The summed E-state index contributed by atoms with van der Waals surface area (Å²) >= 11 is 0. The van der Waals surface area contributed by atoms with Crippen LogP contribution in [0.15, 0.2) is 212 Å². The van der Waals surface area contributed by atoms with E-state index in [9.17, 15) is 0 Å². The van der Waals surface area contributed by atoms with E-state index in [-0.39, 0.29) is 46.2 Å². The van der Waals surface area contributed by atoms with Crippen LogP contribution in [0, 0.1) is 0 Å². The average molecular weight is 985 g/mol. The second kappa shape index (κ2) is 26.2. The lowest BCUT2D eigenvalue weighted by Crippen LogP contribution is -2.67. The quantitative estimate of drug-likeness (QED) is 0.0479. The van der Waals surface area contributed by atoms with Gasteiger partial charge in [-0.1, -0.05) is 212 Å². The summed E-state index contributed by atoms with van der Waals surface area (Å²) in [7, 11) is -7.76. The molecule has 0 N–H and O–H groups in total. The van der Waals surface area contributed by atoms with Crippen LogP contribution in [0.1, 0.15) is 38.9 Å². The number of hydrogen-bond acceptors (Lipinski definition) is 12. The SMILES string of the molecule is CO[C@@H]1[C@@H](OCc2ccccc2)[C@@H](OCc2ccccc2)[C@@H](OP(=O)(OCc2ccccc2)OCc2ccccc2)[C@H](OCc2ccccc2)[C@H]1OP(=O)(OCc1ccccc1)OCc1ccccc1. The molecule has 12 nitrogen and oxygen atoms in total. The van der Waals surface area contributed by atoms with E-state index in [1.165, 1.54) is 7.11 Å². The van der Waals surface area contributed by atoms with Crippen molar-refractivity contribution in [1.29, 1.82) is 0 Å². The normalized spacial score (nSPS) is 19.4. The molecule has 1 aliphatic rings. The maximum atomic E-state index is 15.6. The average Bonchev–Trinajstić information content (AvgIpc) is 3.42. The van der Waals surface area contributed by atoms with E-state index in [4.69, 9.17) is 46.1 Å². The number of phosphoric ester groups is 2. The van der Waals surface area contributed by atoms with Crippen molar-refractivity contribution in [1.82, 2.24) is 0 Å². The molecule has 364 valence electrons. The molecule has 0 spiro atoms. The van der Waals surface area contributed by atoms with Gasteiger partial charge >= 0.3 is 15.6 Å². The zero-order valence-electron chi connectivity index (χ0n) is 38.9. The van der Waals surface area contributed by atoms with E-state index in [2.05, 4.69) is 0 Å². The second-order valence-corrected chi connectivity index (χ2v) is 19.8. The Morgan fingerprint density at radius 1 is 0.286 bits per heavy atom. The van der Waals surface area contributed by atoms with E-state index in [1.807, 2.05) is 212 Å². The molecule has 1 saturated carbocycles. The topological polar surface area (TPSA) is 126 Å². The molecule has 6 atom stereocenters. The Balaban J connectivity index is 1.25. The maximum absolute atomic E-state index is 15.6. The Hall–Kier alpha value is -5.40. The zero-order chi connectivity index (χ0) is 48.3. The molecule has 0 bridgehead atoms. The van der Waals surface area contributed by atoms with Crippen molar-refractivity contribution in [2.45, 2.75) is 82.9 Å². The van der Waals surface area contributed by atoms with Crippen LogP contribution in [0.2, 0.25) is 0 Å². The van der Waals surface area contributed by atoms with Gasteiger partial charge in [-0.05, 0) is 38.9 Å². The molecule has 0 amide bonds. The largest absolute Gasteiger partial charge is 0.475 e. The molecule has 1 fully saturated rings. The fraction of sp³-hybridized carbons (Fsp3) is 0.250. The monoisotopic (exact) mass is 984 g/mol. The lowest BCUT2D eigenvalue weighted by Gasteiger charge is -2.49. The summed E-state index contributed by atoms with van der Waals surface area (Å²) in [4.78, 5) is 0. The first-order valence-electron chi connectivity index (χ1n) is 23.2. The molecule has 0 aromatic heterocycles. The summed E-state index contributed by atoms with van der Waals surface area (Å²) in [5, 5.41) is 0. The standard InChI is InChI=1S/C56H58O12P2/c1-59-51-52(60-37-44-23-9-2-10-24-44)53(61-38-45-25-11-3-12-26-45)56(68-70(58,65-42-49-33-19-7-20-34-49)66-43-50-35-21-8-22-36-50)54(62-39-46-27-13-4-14-28-46)55(51)67-69(57,63-40-47-29-15-5-16-30-47)64-41-48-31-17-6-18-32-48/h2-36,51-56H,37-43H2,1H3/t51-,52-,53-,54-,55+,56-/m1/s1. The first kappa shape index (κ1) is 51.0. The Morgan fingerprint density at radius 2 is 0.486 bits per heavy atom. The second-order valence-electron chi connectivity index (χ2n) is 16.6. The summed E-state index contributed by atoms with van der Waals surface area (Å²) < 4.78 is 97.0. The third kappa shape index (κ3) is 15.1. The first-order chi connectivity index (χ1) is 34.4. The highest BCUT2D eigenvalue weighted by Crippen LogP contribution is 2.58. The Morgan fingerprint density at radius 3 is 0.729 bits per heavy atom. The molecule has 0 saturated heterocycles. The lowest BCUT2D eigenvalue weighted by molar-refractivity contribution is -0.262. The minimum atomic E-state index is -4.64. The Labute approximate surface area is 410 Å². The fourth-order valence-electron chi connectivity index (χ4n) is 7.90. The van der Waals surface area contributed by atoms with Gasteiger partial charge in [0.25, 0.3) is 0 Å². The van der Waals surface area contributed by atoms with Crippen molar-refractivity contribution in [3.8, 4) is 0 Å². The van der Waals surface area contributed by atoms with E-state index in [0.717, 1.165) is 38.9 Å². The smallest absolute Gasteiger partial charge is 0.376 e. The molecule has 0 radical (unpaired) electrons. The zero-order valence-corrected chi connectivity index (χ0v) is 40.7. The molecule has 7 aromatic rings. The summed E-state index contributed by atoms with van der Waals surface area (Å²) in [6, 6.07) is 65.9. The van der Waals surface area contributed by atoms with Crippen LogP contribution in [0.3, 0.4) is 0 Å². The molecule has 8 rings (SSSR count). The van der Waals surface area contributed by atoms with Gasteiger partial charge in [0.15, 0.2) is 0 Å². The maximum Gasteiger partial charge on any atom is 0.475 e. The number of methoxy groups -OCH3 is 1. The third-order valence-electron chi connectivity index (χ3n) is 11.5. The van der Waals surface area contributed by atoms with Gasteiger partial charge in [-0.25, -0.2) is 9.13 Å². The van der Waals surface area contributed by atoms with Crippen LogP contribution >= 0.6 is 15.6 Å². The highest BCUT2D eigenvalue weighted by Gasteiger charge is 2.59. The van der Waals surface area contributed by atoms with E-state index >= 15 is 9.13 Å². The van der Waals surface area contributed by atoms with Crippen molar-refractivity contribution in [2.75, 3.05) is 7.11 Å². The van der Waals surface area contributed by atoms with Gasteiger partial charge < -0.3 is 18.9 Å². The molecular formula is C56H58O12P2. The van der Waals surface area contributed by atoms with Crippen LogP contribution in [-0.2, 0) is 101 Å². The first-order valence-corrected chi connectivity index (χ1v) is 26.1. The van der Waals surface area contributed by atoms with Gasteiger partial charge in [-0.3, -0.25) is 27.1 Å². The number of hydrogen-bond donors (Lipinski definition) is 0. The predicted octanol–water partition coefficient (Wildman–Crippen LogP) is 12.6. The van der Waals surface area contributed by atoms with Gasteiger partial charge in [0, 0.05) is 7.11 Å². The number of ether oxygens (including phenoxy) is 4. The molecule has 70 heavy (non-hydrogen) atoms. The molecule has 0 aliphatic heterocycles. The van der Waals surface area contributed by atoms with Gasteiger partial charge in [0.2, 0.25) is 0 Å². The summed E-state index contributed by atoms with van der Waals surface area (Å²) in [5.74, 6) is 0. The van der Waals surface area contributed by atoms with Gasteiger partial charge in [0.1, 0.15) is 36.6 Å². The predicted molar refractivity (Wildman–Crippen MR) is 266 cm³/mol. The van der Waals surface area contributed by atoms with Gasteiger partial charge in [-0.2, -0.15) is 0 Å². The van der Waals surface area contributed by atoms with E-state index in [1.54, 1.807) is 0 Å². The minimum absolute atomic E-state index is 0.00268. The molecule has 1 aliphatic carbocycles. The highest BCUT2D eigenvalue weighted by atomic mass is 31.2. The molecule has 0 heterocycles. The van der Waals surface area contributed by atoms with Crippen molar-refractivity contribution in [3.05, 3.63) is 251 Å². The van der Waals surface area contributed by atoms with E-state index < -0.39 is 52.3 Å². The van der Waals surface area contributed by atoms with Crippen LogP contribution in [0.25, 0.3) is 0 Å². The van der Waals surface area contributed by atoms with E-state index in [0.29, 0.717) is 0 Å². The number of phosphoric acid groups is 2. The van der Waals surface area contributed by atoms with Gasteiger partial charge in [0.05, 0.1) is 46.2 Å². The molecular weight excluding hydrogens is 927 g/mol. The molecule has 14 heteroatoms. The molecule has 0 unspecified atom stereocenters. The van der Waals surface area contributed by atoms with Crippen molar-refractivity contribution >= 4 is 15.6 Å². The van der Waals surface area contributed by atoms with Crippen LogP contribution in [0.5, 0.6) is 0 Å². The Kier molecular flexibility index (Phi) is 19.1. The Bertz CT molecular complexity index is 2560. The summed E-state index contributed by atoms with van der Waals surface area (Å²) in [6.45, 7) is -0.348. The van der Waals surface area contributed by atoms with Gasteiger partial charge in [-0.15, -0.1) is 0 Å². The lowest BCUT2D eigenvalue weighted by atomic mass is 9.84. The number of benzene rings is 7. The minimum Gasteiger partial charge on any atom is -0.376 e. The third-order valence-corrected chi connectivity index (χ3v) is 14.3. The van der Waals surface area contributed by atoms with Crippen molar-refractivity contribution in [2.24, 2.45) is 0 Å². The summed E-state index contributed by atoms with van der Waals surface area (Å²) in [6.07, 6.45) is -7.37. The van der Waals surface area contributed by atoms with Crippen LogP contribution < -0.4 is 0 Å². The summed E-state index contributed by atoms with van der Waals surface area (Å²) in [5.41, 5.74) is 5.39. The number of rotatable bonds is 26.